The van der Waals surface area contributed by atoms with Gasteiger partial charge in [-0.3, -0.25) is 0 Å². The fourth-order valence-electron chi connectivity index (χ4n) is 1.73. The van der Waals surface area contributed by atoms with Gasteiger partial charge in [0.1, 0.15) is 0 Å². The minimum atomic E-state index is -1.51. The normalized spacial score (nSPS) is 14.2. The van der Waals surface area contributed by atoms with Gasteiger partial charge in [0.15, 0.2) is 0 Å². The topological polar surface area (TPSA) is 29.1 Å². The van der Waals surface area contributed by atoms with Crippen LogP contribution < -0.4 is 5.32 Å². The van der Waals surface area contributed by atoms with Crippen molar-refractivity contribution in [3.8, 4) is 0 Å². The van der Waals surface area contributed by atoms with Crippen LogP contribution in [0.4, 0.5) is 10.1 Å². The summed E-state index contributed by atoms with van der Waals surface area (Å²) in [7, 11) is -1.51. The van der Waals surface area contributed by atoms with E-state index in [1.807, 2.05) is 20.8 Å². The Morgan fingerprint density at radius 3 is 2.06 bits per heavy atom. The summed E-state index contributed by atoms with van der Waals surface area (Å²) in [6.45, 7) is 12.1. The average molecular weight is 271 g/mol. The van der Waals surface area contributed by atoms with Crippen molar-refractivity contribution in [1.82, 2.24) is 0 Å². The van der Waals surface area contributed by atoms with Crippen LogP contribution in [-0.2, 0) is 4.79 Å². The standard InChI is InChI=1S/C14H23FNOP/c1-9-7-12(15)8-10(2)13(9)16-14(17)11(3)18(4,5)6/h7-8,11,18H,1-6H3,(H,16,17). The number of hydrogen-bond acceptors (Lipinski definition) is 1. The number of halogens is 1. The Kier molecular flexibility index (Phi) is 4.50. The van der Waals surface area contributed by atoms with Gasteiger partial charge in [0, 0.05) is 0 Å². The van der Waals surface area contributed by atoms with Crippen LogP contribution in [0, 0.1) is 19.7 Å². The van der Waals surface area contributed by atoms with Crippen LogP contribution >= 0.6 is 7.26 Å². The molecule has 102 valence electrons. The molecule has 0 heterocycles. The molecule has 0 fully saturated rings. The number of rotatable bonds is 3. The van der Waals surface area contributed by atoms with Crippen LogP contribution in [0.5, 0.6) is 0 Å². The summed E-state index contributed by atoms with van der Waals surface area (Å²) in [5.74, 6) is -0.229. The SMILES string of the molecule is Cc1cc(F)cc(C)c1NC(=O)C(C)[PH](C)(C)C. The molecule has 1 aromatic carbocycles. The van der Waals surface area contributed by atoms with E-state index in [2.05, 4.69) is 25.3 Å². The zero-order valence-electron chi connectivity index (χ0n) is 12.0. The van der Waals surface area contributed by atoms with Gasteiger partial charge in [0.05, 0.1) is 0 Å². The molecule has 1 unspecified atom stereocenters. The molecule has 0 bridgehead atoms. The Balaban J connectivity index is 2.96. The molecule has 18 heavy (non-hydrogen) atoms. The second-order valence-electron chi connectivity index (χ2n) is 5.99. The number of aryl methyl sites for hydroxylation is 2. The van der Waals surface area contributed by atoms with Gasteiger partial charge in [-0.2, -0.15) is 0 Å². The first-order valence-corrected chi connectivity index (χ1v) is 9.78. The van der Waals surface area contributed by atoms with Gasteiger partial charge in [-0.05, 0) is 0 Å². The molecule has 0 aromatic heterocycles. The van der Waals surface area contributed by atoms with E-state index in [1.165, 1.54) is 12.1 Å². The summed E-state index contributed by atoms with van der Waals surface area (Å²) in [4.78, 5) is 12.2. The van der Waals surface area contributed by atoms with Crippen molar-refractivity contribution in [2.24, 2.45) is 0 Å². The molecule has 0 spiro atoms. The van der Waals surface area contributed by atoms with E-state index < -0.39 is 7.26 Å². The van der Waals surface area contributed by atoms with E-state index in [9.17, 15) is 9.18 Å². The molecule has 0 aliphatic carbocycles. The third kappa shape index (κ3) is 3.52. The number of nitrogens with one attached hydrogen (secondary N) is 1. The Bertz CT molecular complexity index is 442. The molecule has 0 radical (unpaired) electrons. The molecule has 1 rings (SSSR count). The van der Waals surface area contributed by atoms with Crippen LogP contribution in [-0.4, -0.2) is 31.6 Å². The Hall–Kier alpha value is -0.950. The zero-order valence-corrected chi connectivity index (χ0v) is 13.0. The molecule has 0 saturated carbocycles. The molecule has 0 saturated heterocycles. The van der Waals surface area contributed by atoms with Gasteiger partial charge < -0.3 is 0 Å². The summed E-state index contributed by atoms with van der Waals surface area (Å²) in [5, 5.41) is 2.94. The maximum absolute atomic E-state index is 13.2. The maximum atomic E-state index is 13.2. The van der Waals surface area contributed by atoms with E-state index in [1.54, 1.807) is 0 Å². The molecule has 1 atom stereocenters. The summed E-state index contributed by atoms with van der Waals surface area (Å²) < 4.78 is 13.2. The monoisotopic (exact) mass is 271 g/mol. The number of anilines is 1. The van der Waals surface area contributed by atoms with Gasteiger partial charge in [0.25, 0.3) is 0 Å². The molecule has 4 heteroatoms. The van der Waals surface area contributed by atoms with Crippen molar-refractivity contribution in [3.05, 3.63) is 29.1 Å². The first-order chi connectivity index (χ1) is 8.12. The fraction of sp³-hybridized carbons (Fsp3) is 0.500. The van der Waals surface area contributed by atoms with Crippen molar-refractivity contribution < 1.29 is 9.18 Å². The zero-order chi connectivity index (χ0) is 14.1. The third-order valence-electron chi connectivity index (χ3n) is 3.44. The number of carbonyl (C=O) groups is 1. The van der Waals surface area contributed by atoms with E-state index >= 15 is 0 Å². The second kappa shape index (κ2) is 5.36. The molecule has 1 aromatic rings. The summed E-state index contributed by atoms with van der Waals surface area (Å²) in [6.07, 6.45) is 0. The minimum absolute atomic E-state index is 0.0290. The van der Waals surface area contributed by atoms with E-state index in [4.69, 9.17) is 0 Å². The number of amides is 1. The first-order valence-electron chi connectivity index (χ1n) is 6.20. The summed E-state index contributed by atoms with van der Waals surface area (Å²) in [5.41, 5.74) is 2.31. The predicted molar refractivity (Wildman–Crippen MR) is 80.1 cm³/mol. The van der Waals surface area contributed by atoms with Gasteiger partial charge in [0.2, 0.25) is 0 Å². The molecule has 0 aliphatic heterocycles. The van der Waals surface area contributed by atoms with Crippen molar-refractivity contribution in [2.75, 3.05) is 25.3 Å². The van der Waals surface area contributed by atoms with Gasteiger partial charge >= 0.3 is 109 Å². The summed E-state index contributed by atoms with van der Waals surface area (Å²) in [6, 6.07) is 2.89. The van der Waals surface area contributed by atoms with Gasteiger partial charge in [-0.25, -0.2) is 0 Å². The molecular formula is C14H23FNOP. The molecule has 1 amide bonds. The van der Waals surface area contributed by atoms with Gasteiger partial charge in [-0.15, -0.1) is 0 Å². The molecule has 2 nitrogen and oxygen atoms in total. The van der Waals surface area contributed by atoms with Crippen LogP contribution in [0.25, 0.3) is 0 Å². The average Bonchev–Trinajstić information content (AvgIpc) is 2.20. The quantitative estimate of drug-likeness (QED) is 0.839. The Morgan fingerprint density at radius 2 is 1.67 bits per heavy atom. The third-order valence-corrected chi connectivity index (χ3v) is 6.30. The number of benzene rings is 1. The van der Waals surface area contributed by atoms with Crippen LogP contribution in [0.3, 0.4) is 0 Å². The van der Waals surface area contributed by atoms with E-state index in [0.717, 1.165) is 16.8 Å². The van der Waals surface area contributed by atoms with Crippen LogP contribution in [0.15, 0.2) is 12.1 Å². The molecular weight excluding hydrogens is 248 g/mol. The van der Waals surface area contributed by atoms with Crippen molar-refractivity contribution in [1.29, 1.82) is 0 Å². The fourth-order valence-corrected chi connectivity index (χ4v) is 2.59. The Morgan fingerprint density at radius 1 is 1.22 bits per heavy atom. The number of hydrogen-bond donors (Lipinski definition) is 1. The van der Waals surface area contributed by atoms with Crippen molar-refractivity contribution in [2.45, 2.75) is 26.4 Å². The molecule has 1 N–H and O–H groups in total. The Labute approximate surface area is 109 Å². The second-order valence-corrected chi connectivity index (χ2v) is 11.6. The van der Waals surface area contributed by atoms with Crippen molar-refractivity contribution >= 4 is 18.9 Å². The van der Waals surface area contributed by atoms with Gasteiger partial charge in [-0.1, -0.05) is 0 Å². The van der Waals surface area contributed by atoms with E-state index in [0.29, 0.717) is 0 Å². The van der Waals surface area contributed by atoms with Crippen molar-refractivity contribution in [3.63, 3.8) is 0 Å². The number of carbonyl (C=O) groups excluding carboxylic acids is 1. The predicted octanol–water partition coefficient (Wildman–Crippen LogP) is 3.41. The van der Waals surface area contributed by atoms with E-state index in [-0.39, 0.29) is 17.4 Å². The van der Waals surface area contributed by atoms with Crippen LogP contribution in [0.2, 0.25) is 0 Å². The summed E-state index contributed by atoms with van der Waals surface area (Å²) >= 11 is 0. The van der Waals surface area contributed by atoms with Crippen LogP contribution in [0.1, 0.15) is 18.1 Å². The molecule has 0 aliphatic rings. The first kappa shape index (κ1) is 15.1.